The number of benzene rings is 2. The van der Waals surface area contributed by atoms with Gasteiger partial charge < -0.3 is 4.74 Å². The van der Waals surface area contributed by atoms with Crippen LogP contribution in [0.1, 0.15) is 50.7 Å². The highest BCUT2D eigenvalue weighted by molar-refractivity contribution is 5.69. The molecule has 0 unspecified atom stereocenters. The second kappa shape index (κ2) is 8.76. The number of alkyl halides is 2. The zero-order valence-electron chi connectivity index (χ0n) is 14.1. The van der Waals surface area contributed by atoms with E-state index in [1.165, 1.54) is 18.6 Å². The molecule has 0 aliphatic carbocycles. The summed E-state index contributed by atoms with van der Waals surface area (Å²) in [6.07, 6.45) is 1.50. The van der Waals surface area contributed by atoms with Gasteiger partial charge in [0.1, 0.15) is 0 Å². The summed E-state index contributed by atoms with van der Waals surface area (Å²) in [5.74, 6) is -1.11. The number of halogens is 3. The molecule has 0 N–H and O–H groups in total. The minimum absolute atomic E-state index is 0.132. The molecule has 2 aromatic carbocycles. The fraction of sp³-hybridized carbons (Fsp3) is 0.400. The van der Waals surface area contributed by atoms with E-state index in [9.17, 15) is 13.2 Å². The zero-order chi connectivity index (χ0) is 17.5. The molecule has 0 spiro atoms. The van der Waals surface area contributed by atoms with E-state index in [2.05, 4.69) is 6.92 Å². The molecule has 0 atom stereocenters. The van der Waals surface area contributed by atoms with Crippen molar-refractivity contribution >= 4 is 0 Å². The van der Waals surface area contributed by atoms with Crippen LogP contribution in [0.2, 0.25) is 0 Å². The van der Waals surface area contributed by atoms with Gasteiger partial charge in [-0.15, -0.1) is 0 Å². The lowest BCUT2D eigenvalue weighted by atomic mass is 9.97. The van der Waals surface area contributed by atoms with Gasteiger partial charge in [0.05, 0.1) is 12.2 Å². The summed E-state index contributed by atoms with van der Waals surface area (Å²) >= 11 is 0. The van der Waals surface area contributed by atoms with Gasteiger partial charge in [-0.2, -0.15) is 0 Å². The Balaban J connectivity index is 2.32. The third-order valence-electron chi connectivity index (χ3n) is 4.00. The normalized spacial score (nSPS) is 11.1. The van der Waals surface area contributed by atoms with Crippen LogP contribution in [-0.2, 0) is 6.42 Å². The molecule has 0 aliphatic heterocycles. The van der Waals surface area contributed by atoms with Crippen molar-refractivity contribution in [1.29, 1.82) is 0 Å². The SMILES string of the molecule is CCCCCc1ccc(-c2ccc(OCC)c(F)c2C(F)F)cc1. The smallest absolute Gasteiger partial charge is 0.267 e. The van der Waals surface area contributed by atoms with E-state index in [-0.39, 0.29) is 17.9 Å². The van der Waals surface area contributed by atoms with Crippen LogP contribution < -0.4 is 4.74 Å². The second-order valence-corrected chi connectivity index (χ2v) is 5.73. The lowest BCUT2D eigenvalue weighted by Gasteiger charge is -2.14. The molecule has 4 heteroatoms. The first-order valence-electron chi connectivity index (χ1n) is 8.41. The molecular formula is C20H23F3O. The van der Waals surface area contributed by atoms with Gasteiger partial charge in [0.15, 0.2) is 11.6 Å². The Hall–Kier alpha value is -1.97. The average molecular weight is 336 g/mol. The standard InChI is InChI=1S/C20H23F3O/c1-3-5-6-7-14-8-10-15(11-9-14)16-12-13-17(24-4-2)19(21)18(16)20(22)23/h8-13,20H,3-7H2,1-2H3. The van der Waals surface area contributed by atoms with Crippen LogP contribution in [-0.4, -0.2) is 6.61 Å². The maximum Gasteiger partial charge on any atom is 0.267 e. The Bertz CT molecular complexity index is 651. The quantitative estimate of drug-likeness (QED) is 0.496. The Morgan fingerprint density at radius 1 is 0.958 bits per heavy atom. The molecule has 24 heavy (non-hydrogen) atoms. The molecule has 2 rings (SSSR count). The lowest BCUT2D eigenvalue weighted by Crippen LogP contribution is -2.01. The van der Waals surface area contributed by atoms with Crippen LogP contribution >= 0.6 is 0 Å². The Kier molecular flexibility index (Phi) is 6.71. The number of hydrogen-bond donors (Lipinski definition) is 0. The van der Waals surface area contributed by atoms with Gasteiger partial charge in [-0.3, -0.25) is 0 Å². The van der Waals surface area contributed by atoms with Crippen LogP contribution in [0.15, 0.2) is 36.4 Å². The minimum atomic E-state index is -2.90. The number of unbranched alkanes of at least 4 members (excludes halogenated alkanes) is 2. The maximum absolute atomic E-state index is 14.3. The molecule has 0 fully saturated rings. The highest BCUT2D eigenvalue weighted by Gasteiger charge is 2.22. The molecule has 0 saturated carbocycles. The highest BCUT2D eigenvalue weighted by atomic mass is 19.3. The van der Waals surface area contributed by atoms with Gasteiger partial charge in [-0.05, 0) is 48.6 Å². The molecule has 2 aromatic rings. The lowest BCUT2D eigenvalue weighted by molar-refractivity contribution is 0.145. The monoisotopic (exact) mass is 336 g/mol. The molecule has 0 radical (unpaired) electrons. The van der Waals surface area contributed by atoms with Crippen LogP contribution in [0.5, 0.6) is 5.75 Å². The largest absolute Gasteiger partial charge is 0.491 e. The summed E-state index contributed by atoms with van der Waals surface area (Å²) in [4.78, 5) is 0. The molecular weight excluding hydrogens is 313 g/mol. The second-order valence-electron chi connectivity index (χ2n) is 5.73. The maximum atomic E-state index is 14.3. The Morgan fingerprint density at radius 2 is 1.67 bits per heavy atom. The first-order chi connectivity index (χ1) is 11.6. The predicted molar refractivity (Wildman–Crippen MR) is 91.2 cm³/mol. The van der Waals surface area contributed by atoms with Crippen LogP contribution in [0.25, 0.3) is 11.1 Å². The predicted octanol–water partition coefficient (Wildman–Crippen LogP) is 6.56. The van der Waals surface area contributed by atoms with E-state index in [1.54, 1.807) is 19.1 Å². The van der Waals surface area contributed by atoms with Crippen molar-refractivity contribution in [3.63, 3.8) is 0 Å². The average Bonchev–Trinajstić information content (AvgIpc) is 2.57. The summed E-state index contributed by atoms with van der Waals surface area (Å²) in [5.41, 5.74) is 1.37. The van der Waals surface area contributed by atoms with Crippen molar-refractivity contribution in [3.05, 3.63) is 53.3 Å². The fourth-order valence-electron chi connectivity index (χ4n) is 2.74. The van der Waals surface area contributed by atoms with Gasteiger partial charge in [-0.1, -0.05) is 44.0 Å². The first-order valence-corrected chi connectivity index (χ1v) is 8.41. The third kappa shape index (κ3) is 4.31. The molecule has 0 bridgehead atoms. The summed E-state index contributed by atoms with van der Waals surface area (Å²) in [5, 5.41) is 0. The number of ether oxygens (including phenoxy) is 1. The third-order valence-corrected chi connectivity index (χ3v) is 4.00. The van der Waals surface area contributed by atoms with E-state index in [0.29, 0.717) is 5.56 Å². The molecule has 130 valence electrons. The minimum Gasteiger partial charge on any atom is -0.491 e. The van der Waals surface area contributed by atoms with Crippen LogP contribution in [0, 0.1) is 5.82 Å². The van der Waals surface area contributed by atoms with Gasteiger partial charge in [0.25, 0.3) is 6.43 Å². The molecule has 0 aromatic heterocycles. The van der Waals surface area contributed by atoms with E-state index in [0.717, 1.165) is 24.8 Å². The van der Waals surface area contributed by atoms with Gasteiger partial charge >= 0.3 is 0 Å². The first kappa shape index (κ1) is 18.4. The van der Waals surface area contributed by atoms with Crippen molar-refractivity contribution in [3.8, 4) is 16.9 Å². The van der Waals surface area contributed by atoms with Crippen molar-refractivity contribution in [2.24, 2.45) is 0 Å². The summed E-state index contributed by atoms with van der Waals surface area (Å²) in [7, 11) is 0. The fourth-order valence-corrected chi connectivity index (χ4v) is 2.74. The van der Waals surface area contributed by atoms with Gasteiger partial charge in [0, 0.05) is 0 Å². The van der Waals surface area contributed by atoms with Crippen molar-refractivity contribution in [2.75, 3.05) is 6.61 Å². The summed E-state index contributed by atoms with van der Waals surface area (Å²) in [6, 6.07) is 10.3. The van der Waals surface area contributed by atoms with Gasteiger partial charge in [0.2, 0.25) is 0 Å². The zero-order valence-corrected chi connectivity index (χ0v) is 14.1. The molecule has 0 amide bonds. The topological polar surface area (TPSA) is 9.23 Å². The molecule has 1 nitrogen and oxygen atoms in total. The molecule has 0 saturated heterocycles. The Morgan fingerprint density at radius 3 is 2.25 bits per heavy atom. The van der Waals surface area contributed by atoms with E-state index in [4.69, 9.17) is 4.74 Å². The Labute approximate surface area is 141 Å². The highest BCUT2D eigenvalue weighted by Crippen LogP contribution is 2.37. The molecule has 0 aliphatic rings. The van der Waals surface area contributed by atoms with Gasteiger partial charge in [-0.25, -0.2) is 13.2 Å². The summed E-state index contributed by atoms with van der Waals surface area (Å²) in [6.45, 7) is 4.06. The summed E-state index contributed by atoms with van der Waals surface area (Å²) < 4.78 is 46.2. The van der Waals surface area contributed by atoms with E-state index in [1.807, 2.05) is 12.1 Å². The van der Waals surface area contributed by atoms with Crippen molar-refractivity contribution in [2.45, 2.75) is 46.0 Å². The number of aryl methyl sites for hydroxylation is 1. The molecule has 0 heterocycles. The van der Waals surface area contributed by atoms with E-state index >= 15 is 0 Å². The number of rotatable bonds is 8. The number of hydrogen-bond acceptors (Lipinski definition) is 1. The van der Waals surface area contributed by atoms with Crippen LogP contribution in [0.3, 0.4) is 0 Å². The van der Waals surface area contributed by atoms with Crippen LogP contribution in [0.4, 0.5) is 13.2 Å². The van der Waals surface area contributed by atoms with Crippen molar-refractivity contribution < 1.29 is 17.9 Å². The van der Waals surface area contributed by atoms with E-state index < -0.39 is 17.8 Å². The van der Waals surface area contributed by atoms with Crippen molar-refractivity contribution in [1.82, 2.24) is 0 Å².